The van der Waals surface area contributed by atoms with E-state index in [0.717, 1.165) is 35.0 Å². The number of hydrogen-bond acceptors (Lipinski definition) is 4. The summed E-state index contributed by atoms with van der Waals surface area (Å²) in [6, 6.07) is 20.2. The molecule has 2 aromatic heterocycles. The van der Waals surface area contributed by atoms with E-state index < -0.39 is 22.0 Å². The number of carboxylic acid groups (broad SMARTS) is 1. The zero-order valence-electron chi connectivity index (χ0n) is 20.9. The number of para-hydroxylation sites is 1. The minimum Gasteiger partial charge on any atom is -0.480 e. The Balaban J connectivity index is 1.23. The molecular formula is C30H26N4O4S. The lowest BCUT2D eigenvalue weighted by Gasteiger charge is -2.14. The van der Waals surface area contributed by atoms with E-state index in [9.17, 15) is 18.3 Å². The van der Waals surface area contributed by atoms with Crippen LogP contribution in [0.3, 0.4) is 0 Å². The molecule has 0 spiro atoms. The van der Waals surface area contributed by atoms with Crippen molar-refractivity contribution in [2.75, 3.05) is 0 Å². The maximum Gasteiger partial charge on any atom is 0.322 e. The second kappa shape index (κ2) is 11.4. The lowest BCUT2D eigenvalue weighted by molar-refractivity contribution is -0.138. The van der Waals surface area contributed by atoms with Crippen molar-refractivity contribution < 1.29 is 18.3 Å². The normalized spacial score (nSPS) is 12.1. The predicted molar refractivity (Wildman–Crippen MR) is 149 cm³/mol. The van der Waals surface area contributed by atoms with E-state index in [1.54, 1.807) is 30.9 Å². The number of aromatic amines is 1. The zero-order chi connectivity index (χ0) is 27.2. The maximum atomic E-state index is 13.0. The van der Waals surface area contributed by atoms with Crippen LogP contribution in [0.4, 0.5) is 0 Å². The third kappa shape index (κ3) is 6.44. The van der Waals surface area contributed by atoms with Gasteiger partial charge in [-0.2, -0.15) is 4.72 Å². The van der Waals surface area contributed by atoms with Gasteiger partial charge >= 0.3 is 5.97 Å². The molecule has 5 aromatic rings. The van der Waals surface area contributed by atoms with Crippen LogP contribution < -0.4 is 4.72 Å². The topological polar surface area (TPSA) is 117 Å². The molecule has 2 heterocycles. The van der Waals surface area contributed by atoms with E-state index in [4.69, 9.17) is 0 Å². The Bertz CT molecular complexity index is 1750. The molecule has 9 heteroatoms. The second-order valence-corrected chi connectivity index (χ2v) is 10.8. The monoisotopic (exact) mass is 538 g/mol. The first-order valence-corrected chi connectivity index (χ1v) is 13.8. The number of fused-ring (bicyclic) bond motifs is 1. The molecule has 0 bridgehead atoms. The van der Waals surface area contributed by atoms with E-state index in [1.807, 2.05) is 59.3 Å². The van der Waals surface area contributed by atoms with Gasteiger partial charge in [0.2, 0.25) is 10.0 Å². The van der Waals surface area contributed by atoms with E-state index >= 15 is 0 Å². The van der Waals surface area contributed by atoms with Crippen molar-refractivity contribution in [2.24, 2.45) is 0 Å². The Hall–Kier alpha value is -4.65. The molecule has 0 amide bonds. The van der Waals surface area contributed by atoms with Gasteiger partial charge in [0.1, 0.15) is 6.04 Å². The highest BCUT2D eigenvalue weighted by Gasteiger charge is 2.26. The molecular weight excluding hydrogens is 512 g/mol. The van der Waals surface area contributed by atoms with Crippen molar-refractivity contribution >= 4 is 26.9 Å². The van der Waals surface area contributed by atoms with E-state index in [2.05, 4.69) is 26.5 Å². The van der Waals surface area contributed by atoms with Crippen LogP contribution in [0.5, 0.6) is 0 Å². The third-order valence-corrected chi connectivity index (χ3v) is 7.87. The summed E-state index contributed by atoms with van der Waals surface area (Å²) in [4.78, 5) is 19.0. The van der Waals surface area contributed by atoms with E-state index in [0.29, 0.717) is 5.56 Å². The molecule has 39 heavy (non-hydrogen) atoms. The van der Waals surface area contributed by atoms with Crippen molar-refractivity contribution in [3.05, 3.63) is 120 Å². The van der Waals surface area contributed by atoms with Crippen molar-refractivity contribution in [3.8, 4) is 11.8 Å². The number of nitrogens with one attached hydrogen (secondary N) is 2. The fraction of sp³-hybridized carbons (Fsp3) is 0.133. The Morgan fingerprint density at radius 3 is 2.36 bits per heavy atom. The fourth-order valence-corrected chi connectivity index (χ4v) is 5.44. The first kappa shape index (κ1) is 26.0. The first-order chi connectivity index (χ1) is 18.9. The largest absolute Gasteiger partial charge is 0.480 e. The minimum absolute atomic E-state index is 0.00445. The summed E-state index contributed by atoms with van der Waals surface area (Å²) in [5.41, 5.74) is 4.27. The number of hydrogen-bond donors (Lipinski definition) is 3. The quantitative estimate of drug-likeness (QED) is 0.246. The molecule has 0 saturated heterocycles. The molecule has 0 unspecified atom stereocenters. The van der Waals surface area contributed by atoms with Crippen LogP contribution in [0.15, 0.2) is 103 Å². The van der Waals surface area contributed by atoms with Gasteiger partial charge in [0.25, 0.3) is 0 Å². The highest BCUT2D eigenvalue weighted by Crippen LogP contribution is 2.20. The lowest BCUT2D eigenvalue weighted by atomic mass is 10.1. The van der Waals surface area contributed by atoms with Crippen molar-refractivity contribution in [1.82, 2.24) is 19.3 Å². The average Bonchev–Trinajstić information content (AvgIpc) is 3.61. The standard InChI is InChI=1S/C30H26N4O4S/c35-30(36)29(19-25-20-32-28-4-2-1-3-27(25)28)33-39(37,38)26-13-11-23(12-14-26)6-5-22-7-9-24(10-8-22)15-17-34-18-16-31-21-34/h1-4,7-14,16,18,20-21,29,32-33H,15,17,19H2,(H,35,36)/t29-/m1/s1. The molecule has 8 nitrogen and oxygen atoms in total. The van der Waals surface area contributed by atoms with Crippen LogP contribution >= 0.6 is 0 Å². The summed E-state index contributed by atoms with van der Waals surface area (Å²) in [6.07, 6.45) is 8.08. The number of aliphatic carboxylic acids is 1. The van der Waals surface area contributed by atoms with Crippen LogP contribution in [-0.2, 0) is 34.2 Å². The van der Waals surface area contributed by atoms with Gasteiger partial charge in [-0.15, -0.1) is 0 Å². The summed E-state index contributed by atoms with van der Waals surface area (Å²) >= 11 is 0. The summed E-state index contributed by atoms with van der Waals surface area (Å²) in [6.45, 7) is 0.853. The average molecular weight is 539 g/mol. The van der Waals surface area contributed by atoms with E-state index in [1.165, 1.54) is 17.7 Å². The van der Waals surface area contributed by atoms with Crippen LogP contribution in [0, 0.1) is 11.8 Å². The van der Waals surface area contributed by atoms with Gasteiger partial charge in [0.05, 0.1) is 11.2 Å². The van der Waals surface area contributed by atoms with E-state index in [-0.39, 0.29) is 11.3 Å². The third-order valence-electron chi connectivity index (χ3n) is 6.38. The highest BCUT2D eigenvalue weighted by molar-refractivity contribution is 7.89. The molecule has 3 N–H and O–H groups in total. The lowest BCUT2D eigenvalue weighted by Crippen LogP contribution is -2.42. The second-order valence-electron chi connectivity index (χ2n) is 9.10. The smallest absolute Gasteiger partial charge is 0.322 e. The number of benzene rings is 3. The number of imidazole rings is 1. The Morgan fingerprint density at radius 2 is 1.69 bits per heavy atom. The highest BCUT2D eigenvalue weighted by atomic mass is 32.2. The Kier molecular flexibility index (Phi) is 7.59. The number of aryl methyl sites for hydroxylation is 2. The van der Waals surface area contributed by atoms with Gasteiger partial charge in [-0.25, -0.2) is 13.4 Å². The van der Waals surface area contributed by atoms with Crippen molar-refractivity contribution in [1.29, 1.82) is 0 Å². The van der Waals surface area contributed by atoms with Gasteiger partial charge in [-0.3, -0.25) is 4.79 Å². The number of rotatable bonds is 9. The van der Waals surface area contributed by atoms with Gasteiger partial charge in [-0.1, -0.05) is 42.2 Å². The summed E-state index contributed by atoms with van der Waals surface area (Å²) in [5, 5.41) is 10.6. The number of nitrogens with zero attached hydrogens (tertiary/aromatic N) is 2. The zero-order valence-corrected chi connectivity index (χ0v) is 21.7. The Labute approximate surface area is 226 Å². The number of carbonyl (C=O) groups is 1. The van der Waals surface area contributed by atoms with Gasteiger partial charge in [-0.05, 0) is 60.0 Å². The molecule has 0 fully saturated rings. The predicted octanol–water partition coefficient (Wildman–Crippen LogP) is 3.98. The van der Waals surface area contributed by atoms with Crippen LogP contribution in [0.1, 0.15) is 22.3 Å². The Morgan fingerprint density at radius 1 is 1.00 bits per heavy atom. The number of sulfonamides is 1. The molecule has 0 aliphatic rings. The molecule has 1 atom stereocenters. The first-order valence-electron chi connectivity index (χ1n) is 12.3. The molecule has 0 radical (unpaired) electrons. The summed E-state index contributed by atoms with van der Waals surface area (Å²) in [5.74, 6) is 4.88. The minimum atomic E-state index is -4.07. The molecule has 0 saturated carbocycles. The molecule has 5 rings (SSSR count). The van der Waals surface area contributed by atoms with Crippen molar-refractivity contribution in [3.63, 3.8) is 0 Å². The number of H-pyrrole nitrogens is 1. The van der Waals surface area contributed by atoms with Crippen LogP contribution in [-0.4, -0.2) is 40.1 Å². The van der Waals surface area contributed by atoms with Crippen molar-refractivity contribution in [2.45, 2.75) is 30.3 Å². The molecule has 0 aliphatic carbocycles. The number of aromatic nitrogens is 3. The van der Waals surface area contributed by atoms with Gasteiger partial charge < -0.3 is 14.7 Å². The summed E-state index contributed by atoms with van der Waals surface area (Å²) < 4.78 is 30.3. The SMILES string of the molecule is O=C(O)[C@@H](Cc1c[nH]c2ccccc12)NS(=O)(=O)c1ccc(C#Cc2ccc(CCn3ccnc3)cc2)cc1. The molecule has 0 aliphatic heterocycles. The van der Waals surface area contributed by atoms with Gasteiger partial charge in [0, 0.05) is 53.6 Å². The maximum absolute atomic E-state index is 13.0. The van der Waals surface area contributed by atoms with Crippen LogP contribution in [0.2, 0.25) is 0 Å². The van der Waals surface area contributed by atoms with Gasteiger partial charge in [0.15, 0.2) is 0 Å². The fourth-order valence-electron chi connectivity index (χ4n) is 4.25. The van der Waals surface area contributed by atoms with Crippen LogP contribution in [0.25, 0.3) is 10.9 Å². The molecule has 3 aromatic carbocycles. The number of carboxylic acids is 1. The summed E-state index contributed by atoms with van der Waals surface area (Å²) in [7, 11) is -4.07. The molecule has 196 valence electrons.